The normalized spacial score (nSPS) is 19.0. The molecule has 3 heteroatoms. The van der Waals surface area contributed by atoms with E-state index in [0.717, 1.165) is 17.3 Å². The van der Waals surface area contributed by atoms with Gasteiger partial charge in [0.1, 0.15) is 0 Å². The largest absolute Gasteiger partial charge is 0.478 e. The van der Waals surface area contributed by atoms with Gasteiger partial charge in [0, 0.05) is 11.6 Å². The van der Waals surface area contributed by atoms with Crippen LogP contribution in [0.5, 0.6) is 0 Å². The number of carbonyl (C=O) groups is 1. The third-order valence-electron chi connectivity index (χ3n) is 5.36. The summed E-state index contributed by atoms with van der Waals surface area (Å²) in [5.74, 6) is -0.546. The van der Waals surface area contributed by atoms with E-state index in [1.807, 2.05) is 18.3 Å². The molecule has 1 aromatic heterocycles. The van der Waals surface area contributed by atoms with Gasteiger partial charge in [0.25, 0.3) is 0 Å². The highest BCUT2D eigenvalue weighted by Crippen LogP contribution is 2.49. The Labute approximate surface area is 135 Å². The Kier molecular flexibility index (Phi) is 2.89. The fraction of sp³-hybridized carbons (Fsp3) is 0.250. The molecule has 2 N–H and O–H groups in total. The van der Waals surface area contributed by atoms with E-state index in [-0.39, 0.29) is 5.41 Å². The summed E-state index contributed by atoms with van der Waals surface area (Å²) < 4.78 is 0. The molecule has 0 bridgehead atoms. The van der Waals surface area contributed by atoms with Crippen molar-refractivity contribution >= 4 is 16.9 Å². The second-order valence-electron chi connectivity index (χ2n) is 6.91. The summed E-state index contributed by atoms with van der Waals surface area (Å²) >= 11 is 0. The van der Waals surface area contributed by atoms with Crippen molar-refractivity contribution in [1.29, 1.82) is 0 Å². The van der Waals surface area contributed by atoms with Gasteiger partial charge in [-0.05, 0) is 40.5 Å². The lowest BCUT2D eigenvalue weighted by atomic mass is 9.75. The Morgan fingerprint density at radius 3 is 2.70 bits per heavy atom. The van der Waals surface area contributed by atoms with Gasteiger partial charge in [-0.1, -0.05) is 50.2 Å². The minimum absolute atomic E-state index is 0.0327. The number of hydrogen-bond donors (Lipinski definition) is 2. The van der Waals surface area contributed by atoms with Crippen LogP contribution in [0.25, 0.3) is 10.9 Å². The van der Waals surface area contributed by atoms with Crippen molar-refractivity contribution in [3.05, 3.63) is 70.9 Å². The molecule has 116 valence electrons. The number of rotatable bonds is 2. The smallest absolute Gasteiger partial charge is 0.337 e. The molecular weight excluding hydrogens is 286 g/mol. The van der Waals surface area contributed by atoms with E-state index in [1.54, 1.807) is 6.07 Å². The van der Waals surface area contributed by atoms with E-state index in [4.69, 9.17) is 0 Å². The summed E-state index contributed by atoms with van der Waals surface area (Å²) in [6.07, 6.45) is 2.99. The Hall–Kier alpha value is -2.55. The Morgan fingerprint density at radius 2 is 1.96 bits per heavy atom. The van der Waals surface area contributed by atoms with Gasteiger partial charge >= 0.3 is 5.97 Å². The van der Waals surface area contributed by atoms with Crippen LogP contribution in [0.15, 0.2) is 48.7 Å². The summed E-state index contributed by atoms with van der Waals surface area (Å²) in [6.45, 7) is 4.56. The zero-order valence-electron chi connectivity index (χ0n) is 13.3. The lowest BCUT2D eigenvalue weighted by molar-refractivity contribution is 0.0699. The van der Waals surface area contributed by atoms with Crippen molar-refractivity contribution in [3.63, 3.8) is 0 Å². The van der Waals surface area contributed by atoms with Gasteiger partial charge in [-0.3, -0.25) is 0 Å². The first kappa shape index (κ1) is 14.1. The zero-order valence-corrected chi connectivity index (χ0v) is 13.3. The van der Waals surface area contributed by atoms with Crippen molar-refractivity contribution in [3.8, 4) is 0 Å². The van der Waals surface area contributed by atoms with Crippen LogP contribution in [-0.2, 0) is 11.8 Å². The molecule has 0 aliphatic heterocycles. The summed E-state index contributed by atoms with van der Waals surface area (Å²) in [7, 11) is 0. The molecule has 1 heterocycles. The van der Waals surface area contributed by atoms with Gasteiger partial charge in [0.2, 0.25) is 0 Å². The molecule has 1 aliphatic carbocycles. The maximum atomic E-state index is 11.4. The number of H-pyrrole nitrogens is 1. The number of nitrogens with one attached hydrogen (secondary N) is 1. The minimum Gasteiger partial charge on any atom is -0.478 e. The first-order valence-electron chi connectivity index (χ1n) is 7.92. The number of fused-ring (bicyclic) bond motifs is 2. The molecule has 23 heavy (non-hydrogen) atoms. The average Bonchev–Trinajstić information content (AvgIpc) is 3.06. The van der Waals surface area contributed by atoms with Gasteiger partial charge in [0.05, 0.1) is 11.1 Å². The number of carboxylic acids is 1. The first-order chi connectivity index (χ1) is 11.0. The SMILES string of the molecule is CC1(C)c2ccccc2CC1c1c[nH]c2c(C(=O)O)cccc12. The van der Waals surface area contributed by atoms with E-state index >= 15 is 0 Å². The number of aromatic nitrogens is 1. The van der Waals surface area contributed by atoms with Crippen LogP contribution in [-0.4, -0.2) is 16.1 Å². The molecule has 0 saturated carbocycles. The Balaban J connectivity index is 1.89. The van der Waals surface area contributed by atoms with Gasteiger partial charge < -0.3 is 10.1 Å². The van der Waals surface area contributed by atoms with Crippen LogP contribution in [0.2, 0.25) is 0 Å². The number of aromatic carboxylic acids is 1. The van der Waals surface area contributed by atoms with E-state index in [9.17, 15) is 9.90 Å². The lowest BCUT2D eigenvalue weighted by Gasteiger charge is -2.28. The van der Waals surface area contributed by atoms with Gasteiger partial charge in [-0.25, -0.2) is 4.79 Å². The molecule has 4 rings (SSSR count). The summed E-state index contributed by atoms with van der Waals surface area (Å²) in [6, 6.07) is 14.1. The minimum atomic E-state index is -0.891. The van der Waals surface area contributed by atoms with Gasteiger partial charge in [-0.2, -0.15) is 0 Å². The average molecular weight is 305 g/mol. The molecule has 1 unspecified atom stereocenters. The molecule has 0 fully saturated rings. The van der Waals surface area contributed by atoms with E-state index < -0.39 is 5.97 Å². The predicted molar refractivity (Wildman–Crippen MR) is 91.2 cm³/mol. The number of hydrogen-bond acceptors (Lipinski definition) is 1. The number of carboxylic acid groups (broad SMARTS) is 1. The van der Waals surface area contributed by atoms with E-state index in [1.165, 1.54) is 16.7 Å². The molecule has 0 amide bonds. The molecule has 0 spiro atoms. The van der Waals surface area contributed by atoms with Crippen LogP contribution in [0.4, 0.5) is 0 Å². The van der Waals surface area contributed by atoms with E-state index in [2.05, 4.69) is 43.1 Å². The van der Waals surface area contributed by atoms with Crippen LogP contribution in [0.3, 0.4) is 0 Å². The maximum absolute atomic E-state index is 11.4. The standard InChI is InChI=1S/C20H19NO2/c1-20(2)16-9-4-3-6-12(16)10-17(20)15-11-21-18-13(15)7-5-8-14(18)19(22)23/h3-9,11,17,21H,10H2,1-2H3,(H,22,23). The Morgan fingerprint density at radius 1 is 1.17 bits per heavy atom. The van der Waals surface area contributed by atoms with Crippen LogP contribution >= 0.6 is 0 Å². The monoisotopic (exact) mass is 305 g/mol. The second kappa shape index (κ2) is 4.72. The summed E-state index contributed by atoms with van der Waals surface area (Å²) in [5.41, 5.74) is 5.10. The molecular formula is C20H19NO2. The number of benzene rings is 2. The van der Waals surface area contributed by atoms with Crippen LogP contribution in [0, 0.1) is 0 Å². The first-order valence-corrected chi connectivity index (χ1v) is 7.92. The van der Waals surface area contributed by atoms with Gasteiger partial charge in [0.15, 0.2) is 0 Å². The molecule has 1 aliphatic rings. The predicted octanol–water partition coefficient (Wildman–Crippen LogP) is 4.48. The number of para-hydroxylation sites is 1. The quantitative estimate of drug-likeness (QED) is 0.733. The third kappa shape index (κ3) is 1.93. The lowest BCUT2D eigenvalue weighted by Crippen LogP contribution is -2.22. The van der Waals surface area contributed by atoms with Crippen LogP contribution in [0.1, 0.15) is 46.8 Å². The fourth-order valence-electron chi connectivity index (χ4n) is 4.13. The summed E-state index contributed by atoms with van der Waals surface area (Å²) in [5, 5.41) is 10.4. The van der Waals surface area contributed by atoms with Crippen molar-refractivity contribution in [2.75, 3.05) is 0 Å². The van der Waals surface area contributed by atoms with Crippen molar-refractivity contribution in [1.82, 2.24) is 4.98 Å². The highest BCUT2D eigenvalue weighted by Gasteiger charge is 2.40. The molecule has 1 atom stereocenters. The van der Waals surface area contributed by atoms with Crippen molar-refractivity contribution in [2.45, 2.75) is 31.6 Å². The molecule has 0 radical (unpaired) electrons. The number of aromatic amines is 1. The topological polar surface area (TPSA) is 53.1 Å². The zero-order chi connectivity index (χ0) is 16.2. The molecule has 0 saturated heterocycles. The maximum Gasteiger partial charge on any atom is 0.337 e. The Bertz CT molecular complexity index is 920. The third-order valence-corrected chi connectivity index (χ3v) is 5.36. The highest BCUT2D eigenvalue weighted by atomic mass is 16.4. The van der Waals surface area contributed by atoms with E-state index in [0.29, 0.717) is 11.5 Å². The molecule has 3 nitrogen and oxygen atoms in total. The molecule has 2 aromatic carbocycles. The fourth-order valence-corrected chi connectivity index (χ4v) is 4.13. The molecule has 3 aromatic rings. The summed E-state index contributed by atoms with van der Waals surface area (Å²) in [4.78, 5) is 14.6. The highest BCUT2D eigenvalue weighted by molar-refractivity contribution is 6.03. The van der Waals surface area contributed by atoms with Crippen LogP contribution < -0.4 is 0 Å². The van der Waals surface area contributed by atoms with Crippen molar-refractivity contribution < 1.29 is 9.90 Å². The van der Waals surface area contributed by atoms with Gasteiger partial charge in [-0.15, -0.1) is 0 Å². The van der Waals surface area contributed by atoms with Crippen molar-refractivity contribution in [2.24, 2.45) is 0 Å². The second-order valence-corrected chi connectivity index (χ2v) is 6.91.